The molecule has 1 aromatic rings. The van der Waals surface area contributed by atoms with E-state index in [9.17, 15) is 22.4 Å². The predicted octanol–water partition coefficient (Wildman–Crippen LogP) is 2.51. The number of rotatable bonds is 3. The van der Waals surface area contributed by atoms with Gasteiger partial charge in [0.15, 0.2) is 23.3 Å². The van der Waals surface area contributed by atoms with Gasteiger partial charge in [-0.15, -0.1) is 0 Å². The van der Waals surface area contributed by atoms with Crippen LogP contribution in [-0.2, 0) is 11.2 Å². The van der Waals surface area contributed by atoms with Gasteiger partial charge in [0.25, 0.3) is 0 Å². The summed E-state index contributed by atoms with van der Waals surface area (Å²) < 4.78 is 51.2. The second-order valence-corrected chi connectivity index (χ2v) is 3.40. The number of halogens is 4. The molecule has 0 spiro atoms. The van der Waals surface area contributed by atoms with Gasteiger partial charge in [-0.1, -0.05) is 6.92 Å². The number of benzene rings is 1. The summed E-state index contributed by atoms with van der Waals surface area (Å²) in [5, 5.41) is 8.54. The predicted molar refractivity (Wildman–Crippen MR) is 46.8 cm³/mol. The standard InChI is InChI=1S/C10H8F4O2/c1-4(10(15)16)2-5-3-6(11)8(13)9(14)7(5)12/h3-4H,2H2,1H3,(H,15,16). The molecule has 1 atom stereocenters. The van der Waals surface area contributed by atoms with Crippen LogP contribution < -0.4 is 0 Å². The van der Waals surface area contributed by atoms with Crippen molar-refractivity contribution >= 4 is 5.97 Å². The van der Waals surface area contributed by atoms with E-state index >= 15 is 0 Å². The third-order valence-corrected chi connectivity index (χ3v) is 2.13. The zero-order chi connectivity index (χ0) is 12.5. The fourth-order valence-corrected chi connectivity index (χ4v) is 1.19. The van der Waals surface area contributed by atoms with E-state index in [-0.39, 0.29) is 0 Å². The van der Waals surface area contributed by atoms with Gasteiger partial charge in [0, 0.05) is 0 Å². The molecule has 1 N–H and O–H groups in total. The van der Waals surface area contributed by atoms with Crippen LogP contribution in [0.4, 0.5) is 17.6 Å². The van der Waals surface area contributed by atoms with Crippen LogP contribution in [0.25, 0.3) is 0 Å². The Morgan fingerprint density at radius 3 is 2.31 bits per heavy atom. The molecule has 0 aliphatic heterocycles. The normalized spacial score (nSPS) is 12.6. The van der Waals surface area contributed by atoms with Crippen molar-refractivity contribution in [2.75, 3.05) is 0 Å². The highest BCUT2D eigenvalue weighted by atomic mass is 19.2. The Hall–Kier alpha value is -1.59. The van der Waals surface area contributed by atoms with Crippen molar-refractivity contribution in [3.05, 3.63) is 34.9 Å². The average molecular weight is 236 g/mol. The zero-order valence-corrected chi connectivity index (χ0v) is 8.23. The Kier molecular flexibility index (Phi) is 3.51. The van der Waals surface area contributed by atoms with Crippen LogP contribution in [0.2, 0.25) is 0 Å². The Morgan fingerprint density at radius 2 is 1.81 bits per heavy atom. The van der Waals surface area contributed by atoms with Crippen LogP contribution in [-0.4, -0.2) is 11.1 Å². The maximum Gasteiger partial charge on any atom is 0.306 e. The minimum Gasteiger partial charge on any atom is -0.481 e. The number of carbonyl (C=O) groups is 1. The van der Waals surface area contributed by atoms with Crippen LogP contribution >= 0.6 is 0 Å². The largest absolute Gasteiger partial charge is 0.481 e. The monoisotopic (exact) mass is 236 g/mol. The van der Waals surface area contributed by atoms with Gasteiger partial charge < -0.3 is 5.11 Å². The third-order valence-electron chi connectivity index (χ3n) is 2.13. The molecule has 2 nitrogen and oxygen atoms in total. The van der Waals surface area contributed by atoms with E-state index in [1.807, 2.05) is 0 Å². The molecule has 16 heavy (non-hydrogen) atoms. The fourth-order valence-electron chi connectivity index (χ4n) is 1.19. The topological polar surface area (TPSA) is 37.3 Å². The molecule has 0 fully saturated rings. The highest BCUT2D eigenvalue weighted by Gasteiger charge is 2.21. The van der Waals surface area contributed by atoms with Gasteiger partial charge in [0.2, 0.25) is 0 Å². The summed E-state index contributed by atoms with van der Waals surface area (Å²) >= 11 is 0. The van der Waals surface area contributed by atoms with Gasteiger partial charge in [-0.25, -0.2) is 17.6 Å². The van der Waals surface area contributed by atoms with Crippen molar-refractivity contribution in [2.45, 2.75) is 13.3 Å². The molecule has 0 aliphatic rings. The van der Waals surface area contributed by atoms with Crippen molar-refractivity contribution in [2.24, 2.45) is 5.92 Å². The first-order valence-corrected chi connectivity index (χ1v) is 4.39. The molecular formula is C10H8F4O2. The van der Waals surface area contributed by atoms with Crippen LogP contribution in [0, 0.1) is 29.2 Å². The maximum atomic E-state index is 13.1. The lowest BCUT2D eigenvalue weighted by Gasteiger charge is -2.08. The van der Waals surface area contributed by atoms with Crippen molar-refractivity contribution in [3.63, 3.8) is 0 Å². The summed E-state index contributed by atoms with van der Waals surface area (Å²) in [4.78, 5) is 10.5. The van der Waals surface area contributed by atoms with Gasteiger partial charge in [-0.05, 0) is 18.1 Å². The summed E-state index contributed by atoms with van der Waals surface area (Å²) in [7, 11) is 0. The van der Waals surface area contributed by atoms with Gasteiger partial charge in [0.1, 0.15) is 0 Å². The van der Waals surface area contributed by atoms with Crippen LogP contribution in [0.5, 0.6) is 0 Å². The lowest BCUT2D eigenvalue weighted by Crippen LogP contribution is -2.14. The summed E-state index contributed by atoms with van der Waals surface area (Å²) in [5.74, 6) is -9.15. The number of carboxylic acids is 1. The fraction of sp³-hybridized carbons (Fsp3) is 0.300. The van der Waals surface area contributed by atoms with E-state index < -0.39 is 47.1 Å². The van der Waals surface area contributed by atoms with Crippen LogP contribution in [0.15, 0.2) is 6.07 Å². The molecule has 1 aromatic carbocycles. The summed E-state index contributed by atoms with van der Waals surface area (Å²) in [6.07, 6.45) is -0.407. The maximum absolute atomic E-state index is 13.1. The number of hydrogen-bond donors (Lipinski definition) is 1. The van der Waals surface area contributed by atoms with E-state index in [2.05, 4.69) is 0 Å². The highest BCUT2D eigenvalue weighted by molar-refractivity contribution is 5.69. The SMILES string of the molecule is CC(Cc1cc(F)c(F)c(F)c1F)C(=O)O. The molecule has 0 saturated carbocycles. The molecule has 0 bridgehead atoms. The van der Waals surface area contributed by atoms with E-state index in [1.165, 1.54) is 6.92 Å². The number of carboxylic acid groups (broad SMARTS) is 1. The summed E-state index contributed by atoms with van der Waals surface area (Å²) in [6.45, 7) is 1.25. The lowest BCUT2D eigenvalue weighted by molar-refractivity contribution is -0.141. The molecular weight excluding hydrogens is 228 g/mol. The van der Waals surface area contributed by atoms with Gasteiger partial charge in [0.05, 0.1) is 5.92 Å². The van der Waals surface area contributed by atoms with Crippen molar-refractivity contribution in [3.8, 4) is 0 Å². The van der Waals surface area contributed by atoms with Crippen LogP contribution in [0.1, 0.15) is 12.5 Å². The molecule has 0 saturated heterocycles. The molecule has 0 aliphatic carbocycles. The molecule has 0 radical (unpaired) electrons. The van der Waals surface area contributed by atoms with E-state index in [4.69, 9.17) is 5.11 Å². The molecule has 88 valence electrons. The van der Waals surface area contributed by atoms with Crippen molar-refractivity contribution in [1.82, 2.24) is 0 Å². The molecule has 0 aromatic heterocycles. The molecule has 6 heteroatoms. The Labute approximate surface area is 88.5 Å². The van der Waals surface area contributed by atoms with Crippen LogP contribution in [0.3, 0.4) is 0 Å². The average Bonchev–Trinajstić information content (AvgIpc) is 2.22. The third kappa shape index (κ3) is 2.32. The first-order valence-electron chi connectivity index (χ1n) is 4.39. The Bertz CT molecular complexity index is 431. The molecule has 0 heterocycles. The first kappa shape index (κ1) is 12.5. The minimum atomic E-state index is -1.92. The number of hydrogen-bond acceptors (Lipinski definition) is 1. The molecule has 1 unspecified atom stereocenters. The smallest absolute Gasteiger partial charge is 0.306 e. The van der Waals surface area contributed by atoms with E-state index in [1.54, 1.807) is 0 Å². The minimum absolute atomic E-state index is 0.407. The van der Waals surface area contributed by atoms with E-state index in [0.717, 1.165) is 0 Å². The highest BCUT2D eigenvalue weighted by Crippen LogP contribution is 2.21. The lowest BCUT2D eigenvalue weighted by atomic mass is 10.0. The van der Waals surface area contributed by atoms with Gasteiger partial charge in [-0.2, -0.15) is 0 Å². The van der Waals surface area contributed by atoms with Gasteiger partial charge in [-0.3, -0.25) is 4.79 Å². The second-order valence-electron chi connectivity index (χ2n) is 3.40. The van der Waals surface area contributed by atoms with E-state index in [0.29, 0.717) is 6.07 Å². The Balaban J connectivity index is 3.11. The Morgan fingerprint density at radius 1 is 1.25 bits per heavy atom. The van der Waals surface area contributed by atoms with Gasteiger partial charge >= 0.3 is 5.97 Å². The first-order chi connectivity index (χ1) is 7.34. The summed E-state index contributed by atoms with van der Waals surface area (Å²) in [5.41, 5.74) is -0.494. The molecule has 1 rings (SSSR count). The summed E-state index contributed by atoms with van der Waals surface area (Å²) in [6, 6.07) is 0.465. The quantitative estimate of drug-likeness (QED) is 0.497. The van der Waals surface area contributed by atoms with Crippen molar-refractivity contribution in [1.29, 1.82) is 0 Å². The number of aliphatic carboxylic acids is 1. The zero-order valence-electron chi connectivity index (χ0n) is 8.23. The van der Waals surface area contributed by atoms with Crippen molar-refractivity contribution < 1.29 is 27.5 Å². The molecule has 0 amide bonds. The second kappa shape index (κ2) is 4.51.